The topological polar surface area (TPSA) is 50.8 Å². The van der Waals surface area contributed by atoms with Crippen LogP contribution in [0.15, 0.2) is 0 Å². The maximum absolute atomic E-state index is 11.6. The van der Waals surface area contributed by atoms with Gasteiger partial charge in [-0.25, -0.2) is 0 Å². The molecule has 0 spiro atoms. The Bertz CT molecular complexity index is 300. The molecule has 0 atom stereocenters. The van der Waals surface area contributed by atoms with Gasteiger partial charge in [0.1, 0.15) is 0 Å². The van der Waals surface area contributed by atoms with Crippen molar-refractivity contribution >= 4 is 5.97 Å². The highest BCUT2D eigenvalue weighted by Crippen LogP contribution is 2.28. The molecule has 1 aliphatic rings. The summed E-state index contributed by atoms with van der Waals surface area (Å²) >= 11 is 0. The van der Waals surface area contributed by atoms with Gasteiger partial charge in [0.05, 0.1) is 26.4 Å². The summed E-state index contributed by atoms with van der Waals surface area (Å²) < 4.78 is 11.0. The Morgan fingerprint density at radius 2 is 1.82 bits per heavy atom. The lowest BCUT2D eigenvalue weighted by Gasteiger charge is -2.38. The lowest BCUT2D eigenvalue weighted by Crippen LogP contribution is -2.52. The Morgan fingerprint density at radius 1 is 1.14 bits per heavy atom. The molecule has 1 saturated carbocycles. The minimum Gasteiger partial charge on any atom is -0.465 e. The number of nitrogens with one attached hydrogen (secondary N) is 1. The normalized spacial score (nSPS) is 17.6. The van der Waals surface area contributed by atoms with Gasteiger partial charge in [-0.2, -0.15) is 0 Å². The third-order valence-electron chi connectivity index (χ3n) is 4.55. The van der Waals surface area contributed by atoms with Gasteiger partial charge in [-0.1, -0.05) is 33.1 Å². The van der Waals surface area contributed by atoms with Crippen molar-refractivity contribution in [2.45, 2.75) is 58.4 Å². The first-order valence-electron chi connectivity index (χ1n) is 8.86. The van der Waals surface area contributed by atoms with Gasteiger partial charge < -0.3 is 14.4 Å². The second kappa shape index (κ2) is 11.0. The van der Waals surface area contributed by atoms with Crippen molar-refractivity contribution in [2.75, 3.05) is 46.0 Å². The highest BCUT2D eigenvalue weighted by molar-refractivity contribution is 5.71. The number of esters is 1. The SMILES string of the molecule is CCOC(=O)CNC1(COCCN(CC)CC)CCCCC1. The van der Waals surface area contributed by atoms with E-state index in [0.29, 0.717) is 13.2 Å². The predicted octanol–water partition coefficient (Wildman–Crippen LogP) is 2.20. The van der Waals surface area contributed by atoms with Gasteiger partial charge in [-0.3, -0.25) is 10.1 Å². The van der Waals surface area contributed by atoms with Gasteiger partial charge in [0, 0.05) is 12.1 Å². The molecule has 5 heteroatoms. The van der Waals surface area contributed by atoms with Crippen LogP contribution in [0.4, 0.5) is 0 Å². The molecule has 5 nitrogen and oxygen atoms in total. The summed E-state index contributed by atoms with van der Waals surface area (Å²) in [4.78, 5) is 14.0. The molecule has 1 fully saturated rings. The van der Waals surface area contributed by atoms with Crippen LogP contribution in [0.2, 0.25) is 0 Å². The van der Waals surface area contributed by atoms with Crippen LogP contribution in [0.5, 0.6) is 0 Å². The average Bonchev–Trinajstić information content (AvgIpc) is 2.55. The van der Waals surface area contributed by atoms with Crippen molar-refractivity contribution in [1.82, 2.24) is 10.2 Å². The molecule has 0 aromatic heterocycles. The van der Waals surface area contributed by atoms with Crippen molar-refractivity contribution in [3.05, 3.63) is 0 Å². The maximum Gasteiger partial charge on any atom is 0.319 e. The van der Waals surface area contributed by atoms with Gasteiger partial charge >= 0.3 is 5.97 Å². The second-order valence-corrected chi connectivity index (χ2v) is 6.08. The number of rotatable bonds is 11. The zero-order valence-corrected chi connectivity index (χ0v) is 14.7. The minimum atomic E-state index is -0.171. The first-order chi connectivity index (χ1) is 10.7. The van der Waals surface area contributed by atoms with E-state index in [1.54, 1.807) is 0 Å². The molecule has 0 aromatic rings. The Labute approximate surface area is 135 Å². The van der Waals surface area contributed by atoms with Gasteiger partial charge in [0.25, 0.3) is 0 Å². The Kier molecular flexibility index (Phi) is 9.68. The summed E-state index contributed by atoms with van der Waals surface area (Å²) in [6.45, 7) is 11.4. The molecule has 130 valence electrons. The highest BCUT2D eigenvalue weighted by Gasteiger charge is 2.32. The second-order valence-electron chi connectivity index (χ2n) is 6.08. The van der Waals surface area contributed by atoms with Crippen molar-refractivity contribution < 1.29 is 14.3 Å². The van der Waals surface area contributed by atoms with Gasteiger partial charge in [-0.05, 0) is 32.9 Å². The summed E-state index contributed by atoms with van der Waals surface area (Å²) in [7, 11) is 0. The number of hydrogen-bond acceptors (Lipinski definition) is 5. The number of carbonyl (C=O) groups is 1. The van der Waals surface area contributed by atoms with Crippen LogP contribution in [-0.2, 0) is 14.3 Å². The van der Waals surface area contributed by atoms with E-state index in [1.165, 1.54) is 19.3 Å². The quantitative estimate of drug-likeness (QED) is 0.468. The third-order valence-corrected chi connectivity index (χ3v) is 4.55. The molecule has 0 heterocycles. The van der Waals surface area contributed by atoms with E-state index >= 15 is 0 Å². The van der Waals surface area contributed by atoms with Gasteiger partial charge in [0.2, 0.25) is 0 Å². The molecule has 0 aromatic carbocycles. The van der Waals surface area contributed by atoms with Crippen LogP contribution in [0.1, 0.15) is 52.9 Å². The van der Waals surface area contributed by atoms with Crippen molar-refractivity contribution in [3.63, 3.8) is 0 Å². The average molecular weight is 314 g/mol. The molecule has 0 unspecified atom stereocenters. The zero-order valence-electron chi connectivity index (χ0n) is 14.7. The highest BCUT2D eigenvalue weighted by atomic mass is 16.5. The Balaban J connectivity index is 2.37. The van der Waals surface area contributed by atoms with Crippen LogP contribution in [-0.4, -0.2) is 62.4 Å². The fraction of sp³-hybridized carbons (Fsp3) is 0.941. The third kappa shape index (κ3) is 7.07. The minimum absolute atomic E-state index is 0.0474. The molecule has 1 aliphatic carbocycles. The van der Waals surface area contributed by atoms with Gasteiger partial charge in [0.15, 0.2) is 0 Å². The molecular weight excluding hydrogens is 280 g/mol. The monoisotopic (exact) mass is 314 g/mol. The van der Waals surface area contributed by atoms with Crippen LogP contribution in [0, 0.1) is 0 Å². The Hall–Kier alpha value is -0.650. The van der Waals surface area contributed by atoms with Crippen LogP contribution >= 0.6 is 0 Å². The van der Waals surface area contributed by atoms with Crippen molar-refractivity contribution in [1.29, 1.82) is 0 Å². The molecule has 1 N–H and O–H groups in total. The summed E-state index contributed by atoms with van der Waals surface area (Å²) in [6, 6.07) is 0. The van der Waals surface area contributed by atoms with E-state index in [2.05, 4.69) is 24.1 Å². The van der Waals surface area contributed by atoms with E-state index in [0.717, 1.165) is 39.1 Å². The zero-order chi connectivity index (χ0) is 16.3. The van der Waals surface area contributed by atoms with Crippen LogP contribution < -0.4 is 5.32 Å². The molecule has 1 rings (SSSR count). The molecule has 0 aliphatic heterocycles. The lowest BCUT2D eigenvalue weighted by molar-refractivity contribution is -0.142. The molecule has 0 amide bonds. The fourth-order valence-corrected chi connectivity index (χ4v) is 3.07. The summed E-state index contributed by atoms with van der Waals surface area (Å²) in [5.74, 6) is -0.171. The summed E-state index contributed by atoms with van der Waals surface area (Å²) in [5, 5.41) is 3.42. The fourth-order valence-electron chi connectivity index (χ4n) is 3.07. The van der Waals surface area contributed by atoms with E-state index in [9.17, 15) is 4.79 Å². The van der Waals surface area contributed by atoms with E-state index in [-0.39, 0.29) is 18.1 Å². The van der Waals surface area contributed by atoms with Crippen molar-refractivity contribution in [3.8, 4) is 0 Å². The predicted molar refractivity (Wildman–Crippen MR) is 89.1 cm³/mol. The van der Waals surface area contributed by atoms with Crippen LogP contribution in [0.25, 0.3) is 0 Å². The molecule has 0 radical (unpaired) electrons. The summed E-state index contributed by atoms with van der Waals surface area (Å²) in [6.07, 6.45) is 5.85. The lowest BCUT2D eigenvalue weighted by atomic mass is 9.82. The smallest absolute Gasteiger partial charge is 0.319 e. The first-order valence-corrected chi connectivity index (χ1v) is 8.86. The number of hydrogen-bond donors (Lipinski definition) is 1. The Morgan fingerprint density at radius 3 is 2.41 bits per heavy atom. The van der Waals surface area contributed by atoms with Crippen molar-refractivity contribution in [2.24, 2.45) is 0 Å². The number of likely N-dealkylation sites (N-methyl/N-ethyl adjacent to an activating group) is 1. The largest absolute Gasteiger partial charge is 0.465 e. The molecular formula is C17H34N2O3. The van der Waals surface area contributed by atoms with Crippen LogP contribution in [0.3, 0.4) is 0 Å². The van der Waals surface area contributed by atoms with E-state index in [1.807, 2.05) is 6.92 Å². The first kappa shape index (κ1) is 19.4. The molecule has 0 bridgehead atoms. The molecule has 0 saturated heterocycles. The maximum atomic E-state index is 11.6. The van der Waals surface area contributed by atoms with Gasteiger partial charge in [-0.15, -0.1) is 0 Å². The molecule has 22 heavy (non-hydrogen) atoms. The number of carbonyl (C=O) groups excluding carboxylic acids is 1. The number of nitrogens with zero attached hydrogens (tertiary/aromatic N) is 1. The number of ether oxygens (including phenoxy) is 2. The standard InChI is InChI=1S/C17H34N2O3/c1-4-19(5-2)12-13-21-15-17(10-8-7-9-11-17)18-14-16(20)22-6-3/h18H,4-15H2,1-3H3. The van der Waals surface area contributed by atoms with E-state index < -0.39 is 0 Å². The van der Waals surface area contributed by atoms with E-state index in [4.69, 9.17) is 9.47 Å². The summed E-state index contributed by atoms with van der Waals surface area (Å²) in [5.41, 5.74) is -0.0474.